The number of carbonyl (C=O) groups is 1. The fourth-order valence-electron chi connectivity index (χ4n) is 3.93. The SMILES string of the molecule is Cc1ccccc1C1CCN(Cc2ccccc2)CC1CNC(=O)O. The van der Waals surface area contributed by atoms with E-state index in [4.69, 9.17) is 5.11 Å². The number of rotatable bonds is 5. The third-order valence-electron chi connectivity index (χ3n) is 5.17. The van der Waals surface area contributed by atoms with Gasteiger partial charge in [-0.1, -0.05) is 54.6 Å². The molecule has 25 heavy (non-hydrogen) atoms. The molecule has 132 valence electrons. The van der Waals surface area contributed by atoms with E-state index in [1.54, 1.807) is 0 Å². The van der Waals surface area contributed by atoms with Gasteiger partial charge in [0.1, 0.15) is 0 Å². The van der Waals surface area contributed by atoms with E-state index < -0.39 is 6.09 Å². The highest BCUT2D eigenvalue weighted by Crippen LogP contribution is 2.35. The summed E-state index contributed by atoms with van der Waals surface area (Å²) >= 11 is 0. The minimum Gasteiger partial charge on any atom is -0.465 e. The van der Waals surface area contributed by atoms with E-state index in [2.05, 4.69) is 65.7 Å². The van der Waals surface area contributed by atoms with Crippen LogP contribution >= 0.6 is 0 Å². The van der Waals surface area contributed by atoms with Gasteiger partial charge in [-0.05, 0) is 48.4 Å². The smallest absolute Gasteiger partial charge is 0.404 e. The van der Waals surface area contributed by atoms with E-state index in [1.807, 2.05) is 6.07 Å². The zero-order chi connectivity index (χ0) is 17.6. The van der Waals surface area contributed by atoms with Crippen LogP contribution in [0.4, 0.5) is 4.79 Å². The van der Waals surface area contributed by atoms with Crippen molar-refractivity contribution in [3.05, 3.63) is 71.3 Å². The van der Waals surface area contributed by atoms with Crippen molar-refractivity contribution >= 4 is 6.09 Å². The second-order valence-electron chi connectivity index (χ2n) is 6.92. The van der Waals surface area contributed by atoms with Crippen molar-refractivity contribution < 1.29 is 9.90 Å². The van der Waals surface area contributed by atoms with Crippen molar-refractivity contribution in [3.8, 4) is 0 Å². The molecule has 0 radical (unpaired) electrons. The molecule has 0 spiro atoms. The van der Waals surface area contributed by atoms with E-state index in [9.17, 15) is 4.79 Å². The van der Waals surface area contributed by atoms with Gasteiger partial charge in [0, 0.05) is 19.6 Å². The first-order chi connectivity index (χ1) is 12.1. The van der Waals surface area contributed by atoms with E-state index >= 15 is 0 Å². The van der Waals surface area contributed by atoms with Crippen LogP contribution in [0.25, 0.3) is 0 Å². The summed E-state index contributed by atoms with van der Waals surface area (Å²) in [4.78, 5) is 13.4. The summed E-state index contributed by atoms with van der Waals surface area (Å²) in [5, 5.41) is 11.6. The normalized spacial score (nSPS) is 21.0. The van der Waals surface area contributed by atoms with Crippen molar-refractivity contribution in [2.75, 3.05) is 19.6 Å². The molecule has 1 amide bonds. The van der Waals surface area contributed by atoms with Crippen molar-refractivity contribution in [1.82, 2.24) is 10.2 Å². The summed E-state index contributed by atoms with van der Waals surface area (Å²) in [5.41, 5.74) is 3.96. The standard InChI is InChI=1S/C21H26N2O2/c1-16-7-5-6-10-19(16)20-11-12-23(14-17-8-3-2-4-9-17)15-18(20)13-22-21(24)25/h2-10,18,20,22H,11-15H2,1H3,(H,24,25). The molecule has 2 aromatic carbocycles. The Hall–Kier alpha value is -2.33. The second kappa shape index (κ2) is 8.17. The number of likely N-dealkylation sites (tertiary alicyclic amines) is 1. The van der Waals surface area contributed by atoms with Gasteiger partial charge < -0.3 is 10.4 Å². The van der Waals surface area contributed by atoms with Crippen molar-refractivity contribution in [2.45, 2.75) is 25.8 Å². The molecule has 0 saturated carbocycles. The predicted octanol–water partition coefficient (Wildman–Crippen LogP) is 3.87. The Morgan fingerprint density at radius 3 is 2.60 bits per heavy atom. The number of amides is 1. The average Bonchev–Trinajstić information content (AvgIpc) is 2.62. The number of carboxylic acid groups (broad SMARTS) is 1. The molecule has 2 unspecified atom stereocenters. The summed E-state index contributed by atoms with van der Waals surface area (Å²) in [6.45, 7) is 5.52. The molecule has 0 aliphatic carbocycles. The number of hydrogen-bond acceptors (Lipinski definition) is 2. The van der Waals surface area contributed by atoms with Crippen LogP contribution in [0, 0.1) is 12.8 Å². The molecule has 1 aliphatic heterocycles. The van der Waals surface area contributed by atoms with Crippen LogP contribution in [-0.4, -0.2) is 35.7 Å². The number of nitrogens with zero attached hydrogens (tertiary/aromatic N) is 1. The fraction of sp³-hybridized carbons (Fsp3) is 0.381. The first-order valence-electron chi connectivity index (χ1n) is 8.92. The molecule has 2 atom stereocenters. The van der Waals surface area contributed by atoms with Gasteiger partial charge in [-0.25, -0.2) is 4.79 Å². The molecule has 3 rings (SSSR count). The van der Waals surface area contributed by atoms with E-state index in [-0.39, 0.29) is 5.92 Å². The molecule has 1 aliphatic rings. The molecule has 1 fully saturated rings. The van der Waals surface area contributed by atoms with E-state index in [0.29, 0.717) is 12.5 Å². The number of aryl methyl sites for hydroxylation is 1. The van der Waals surface area contributed by atoms with E-state index in [0.717, 1.165) is 26.1 Å². The molecule has 2 aromatic rings. The summed E-state index contributed by atoms with van der Waals surface area (Å²) < 4.78 is 0. The fourth-order valence-corrected chi connectivity index (χ4v) is 3.93. The summed E-state index contributed by atoms with van der Waals surface area (Å²) in [5.74, 6) is 0.690. The Morgan fingerprint density at radius 1 is 1.16 bits per heavy atom. The highest BCUT2D eigenvalue weighted by atomic mass is 16.4. The van der Waals surface area contributed by atoms with Crippen LogP contribution in [0.5, 0.6) is 0 Å². The number of hydrogen-bond donors (Lipinski definition) is 2. The zero-order valence-corrected chi connectivity index (χ0v) is 14.7. The largest absolute Gasteiger partial charge is 0.465 e. The highest BCUT2D eigenvalue weighted by molar-refractivity contribution is 5.64. The predicted molar refractivity (Wildman–Crippen MR) is 99.8 cm³/mol. The maximum Gasteiger partial charge on any atom is 0.404 e. The van der Waals surface area contributed by atoms with Crippen molar-refractivity contribution in [3.63, 3.8) is 0 Å². The first-order valence-corrected chi connectivity index (χ1v) is 8.92. The summed E-state index contributed by atoms with van der Waals surface area (Å²) in [6.07, 6.45) is 0.118. The van der Waals surface area contributed by atoms with Crippen LogP contribution in [-0.2, 0) is 6.54 Å². The Labute approximate surface area is 149 Å². The van der Waals surface area contributed by atoms with Gasteiger partial charge in [0.2, 0.25) is 0 Å². The third-order valence-corrected chi connectivity index (χ3v) is 5.17. The molecule has 4 nitrogen and oxygen atoms in total. The minimum atomic E-state index is -0.941. The molecule has 1 heterocycles. The lowest BCUT2D eigenvalue weighted by Gasteiger charge is -2.39. The molecule has 2 N–H and O–H groups in total. The molecule has 0 aromatic heterocycles. The topological polar surface area (TPSA) is 52.6 Å². The van der Waals surface area contributed by atoms with Crippen molar-refractivity contribution in [2.24, 2.45) is 5.92 Å². The zero-order valence-electron chi connectivity index (χ0n) is 14.7. The number of benzene rings is 2. The van der Waals surface area contributed by atoms with Crippen LogP contribution in [0.2, 0.25) is 0 Å². The Morgan fingerprint density at radius 2 is 1.88 bits per heavy atom. The maximum absolute atomic E-state index is 11.0. The van der Waals surface area contributed by atoms with Crippen LogP contribution in [0.3, 0.4) is 0 Å². The lowest BCUT2D eigenvalue weighted by atomic mass is 9.78. The average molecular weight is 338 g/mol. The highest BCUT2D eigenvalue weighted by Gasteiger charge is 2.31. The Kier molecular flexibility index (Phi) is 5.71. The molecule has 4 heteroatoms. The second-order valence-corrected chi connectivity index (χ2v) is 6.92. The summed E-state index contributed by atoms with van der Waals surface area (Å²) in [6, 6.07) is 19.0. The van der Waals surface area contributed by atoms with Gasteiger partial charge in [0.15, 0.2) is 0 Å². The van der Waals surface area contributed by atoms with Crippen molar-refractivity contribution in [1.29, 1.82) is 0 Å². The van der Waals surface area contributed by atoms with Gasteiger partial charge in [0.05, 0.1) is 0 Å². The maximum atomic E-state index is 11.0. The number of nitrogens with one attached hydrogen (secondary N) is 1. The van der Waals surface area contributed by atoms with Crippen LogP contribution in [0.1, 0.15) is 29.0 Å². The Bertz CT molecular complexity index is 702. The Balaban J connectivity index is 1.74. The molecular formula is C21H26N2O2. The van der Waals surface area contributed by atoms with Crippen LogP contribution in [0.15, 0.2) is 54.6 Å². The van der Waals surface area contributed by atoms with Gasteiger partial charge in [-0.2, -0.15) is 0 Å². The third kappa shape index (κ3) is 4.60. The van der Waals surface area contributed by atoms with E-state index in [1.165, 1.54) is 16.7 Å². The van der Waals surface area contributed by atoms with Gasteiger partial charge in [-0.3, -0.25) is 4.90 Å². The van der Waals surface area contributed by atoms with Gasteiger partial charge >= 0.3 is 6.09 Å². The monoisotopic (exact) mass is 338 g/mol. The molecular weight excluding hydrogens is 312 g/mol. The molecule has 1 saturated heterocycles. The molecule has 0 bridgehead atoms. The van der Waals surface area contributed by atoms with Gasteiger partial charge in [0.25, 0.3) is 0 Å². The lowest BCUT2D eigenvalue weighted by Crippen LogP contribution is -2.44. The first kappa shape index (κ1) is 17.5. The number of piperidine rings is 1. The lowest BCUT2D eigenvalue weighted by molar-refractivity contribution is 0.140. The van der Waals surface area contributed by atoms with Gasteiger partial charge in [-0.15, -0.1) is 0 Å². The minimum absolute atomic E-state index is 0.287. The van der Waals surface area contributed by atoms with Crippen LogP contribution < -0.4 is 5.32 Å². The quantitative estimate of drug-likeness (QED) is 0.870. The summed E-state index contributed by atoms with van der Waals surface area (Å²) in [7, 11) is 0.